The van der Waals surface area contributed by atoms with Gasteiger partial charge in [-0.3, -0.25) is 9.78 Å². The molecule has 0 bridgehead atoms. The van der Waals surface area contributed by atoms with E-state index in [1.54, 1.807) is 0 Å². The number of quaternary nitrogens is 1. The molecule has 1 aliphatic heterocycles. The number of aromatic amines is 1. The molecule has 1 aromatic heterocycles. The minimum Gasteiger partial charge on any atom is -0.859 e. The molecule has 1 saturated heterocycles. The van der Waals surface area contributed by atoms with Crippen molar-refractivity contribution in [2.45, 2.75) is 38.6 Å². The van der Waals surface area contributed by atoms with Crippen LogP contribution < -0.4 is 21.4 Å². The molecule has 26 heavy (non-hydrogen) atoms. The van der Waals surface area contributed by atoms with Gasteiger partial charge in [-0.05, 0) is 43.5 Å². The average Bonchev–Trinajstić information content (AvgIpc) is 2.91. The lowest BCUT2D eigenvalue weighted by molar-refractivity contribution is -0.905. The standard InChI is InChI=1S/C19H24N4O3/c24-17-16(14-20-22-11-6-1-2-7-12-22)18(25)23(19(26)21-17)13-10-15-8-4-3-5-9-15/h3-5,8-9,14,25H,1-2,6-7,10-13H2,(H,21,24,26). The van der Waals surface area contributed by atoms with E-state index in [0.717, 1.165) is 41.1 Å². The number of hydrogen-bond donors (Lipinski definition) is 2. The van der Waals surface area contributed by atoms with E-state index in [1.165, 1.54) is 19.1 Å². The lowest BCUT2D eigenvalue weighted by Gasteiger charge is -2.18. The molecule has 1 aromatic carbocycles. The Kier molecular flexibility index (Phi) is 6.01. The summed E-state index contributed by atoms with van der Waals surface area (Å²) in [4.78, 5) is 26.3. The van der Waals surface area contributed by atoms with E-state index in [-0.39, 0.29) is 12.1 Å². The van der Waals surface area contributed by atoms with Crippen molar-refractivity contribution in [2.75, 3.05) is 13.1 Å². The Hall–Kier alpha value is -2.67. The minimum absolute atomic E-state index is 0.0746. The summed E-state index contributed by atoms with van der Waals surface area (Å²) < 4.78 is 1.08. The molecule has 2 heterocycles. The molecule has 7 heteroatoms. The maximum Gasteiger partial charge on any atom is 0.327 e. The number of aryl methyl sites for hydroxylation is 1. The highest BCUT2D eigenvalue weighted by Gasteiger charge is 2.12. The summed E-state index contributed by atoms with van der Waals surface area (Å²) in [7, 11) is 0. The summed E-state index contributed by atoms with van der Waals surface area (Å²) in [6.45, 7) is 2.02. The maximum absolute atomic E-state index is 12.6. The SMILES string of the molecule is O=c1[nH]c(=O)n(CCc2ccccc2)c([O-])c1C=N[NH+]1CCCCCC1. The molecule has 0 unspecified atom stereocenters. The Morgan fingerprint density at radius 1 is 1.12 bits per heavy atom. The fraction of sp³-hybridized carbons (Fsp3) is 0.421. The molecule has 0 aliphatic carbocycles. The van der Waals surface area contributed by atoms with Crippen molar-refractivity contribution in [3.05, 3.63) is 62.3 Å². The molecule has 0 spiro atoms. The van der Waals surface area contributed by atoms with Crippen molar-refractivity contribution in [3.8, 4) is 5.88 Å². The van der Waals surface area contributed by atoms with Gasteiger partial charge in [0.15, 0.2) is 0 Å². The Morgan fingerprint density at radius 3 is 2.50 bits per heavy atom. The Morgan fingerprint density at radius 2 is 1.81 bits per heavy atom. The zero-order valence-electron chi connectivity index (χ0n) is 14.7. The molecule has 0 saturated carbocycles. The van der Waals surface area contributed by atoms with Crippen LogP contribution in [0.1, 0.15) is 36.8 Å². The number of nitrogens with one attached hydrogen (secondary N) is 2. The van der Waals surface area contributed by atoms with Gasteiger partial charge in [0.25, 0.3) is 5.56 Å². The summed E-state index contributed by atoms with van der Waals surface area (Å²) >= 11 is 0. The fourth-order valence-corrected chi connectivity index (χ4v) is 3.19. The van der Waals surface area contributed by atoms with Crippen LogP contribution in [0.4, 0.5) is 0 Å². The third-order valence-corrected chi connectivity index (χ3v) is 4.71. The first-order chi connectivity index (χ1) is 12.6. The van der Waals surface area contributed by atoms with Crippen LogP contribution >= 0.6 is 0 Å². The van der Waals surface area contributed by atoms with E-state index >= 15 is 0 Å². The fourth-order valence-electron chi connectivity index (χ4n) is 3.19. The summed E-state index contributed by atoms with van der Waals surface area (Å²) in [5, 5.41) is 18.0. The average molecular weight is 356 g/mol. The van der Waals surface area contributed by atoms with Crippen LogP contribution in [0, 0.1) is 0 Å². The van der Waals surface area contributed by atoms with E-state index in [1.807, 2.05) is 30.3 Å². The molecule has 7 nitrogen and oxygen atoms in total. The molecule has 0 atom stereocenters. The first-order valence-electron chi connectivity index (χ1n) is 9.12. The second-order valence-corrected chi connectivity index (χ2v) is 6.60. The van der Waals surface area contributed by atoms with E-state index in [2.05, 4.69) is 10.1 Å². The van der Waals surface area contributed by atoms with E-state index in [9.17, 15) is 14.7 Å². The van der Waals surface area contributed by atoms with Crippen LogP contribution in [0.25, 0.3) is 0 Å². The molecule has 2 aromatic rings. The van der Waals surface area contributed by atoms with Gasteiger partial charge in [0, 0.05) is 6.54 Å². The number of nitrogens with zero attached hydrogens (tertiary/aromatic N) is 2. The largest absolute Gasteiger partial charge is 0.859 e. The van der Waals surface area contributed by atoms with Gasteiger partial charge >= 0.3 is 5.69 Å². The van der Waals surface area contributed by atoms with Crippen molar-refractivity contribution in [1.82, 2.24) is 9.55 Å². The lowest BCUT2D eigenvalue weighted by atomic mass is 10.1. The molecule has 0 amide bonds. The van der Waals surface area contributed by atoms with Gasteiger partial charge in [0.2, 0.25) is 0 Å². The summed E-state index contributed by atoms with van der Waals surface area (Å²) in [6.07, 6.45) is 6.43. The highest BCUT2D eigenvalue weighted by atomic mass is 16.3. The predicted molar refractivity (Wildman–Crippen MR) is 97.7 cm³/mol. The molecule has 3 rings (SSSR count). The van der Waals surface area contributed by atoms with Gasteiger partial charge in [0.05, 0.1) is 11.8 Å². The smallest absolute Gasteiger partial charge is 0.327 e. The van der Waals surface area contributed by atoms with E-state index < -0.39 is 17.1 Å². The number of hydrogen-bond acceptors (Lipinski definition) is 4. The number of benzene rings is 1. The van der Waals surface area contributed by atoms with Crippen LogP contribution in [0.5, 0.6) is 5.88 Å². The first-order valence-corrected chi connectivity index (χ1v) is 9.12. The Labute approximate surface area is 151 Å². The number of H-pyrrole nitrogens is 1. The van der Waals surface area contributed by atoms with Gasteiger partial charge in [-0.2, -0.15) is 0 Å². The van der Waals surface area contributed by atoms with Gasteiger partial charge in [-0.1, -0.05) is 35.4 Å². The highest BCUT2D eigenvalue weighted by Crippen LogP contribution is 2.07. The molecule has 2 N–H and O–H groups in total. The Balaban J connectivity index is 1.81. The second kappa shape index (κ2) is 8.62. The van der Waals surface area contributed by atoms with Crippen LogP contribution in [0.2, 0.25) is 0 Å². The minimum atomic E-state index is -0.672. The topological polar surface area (TPSA) is 94.7 Å². The van der Waals surface area contributed by atoms with Gasteiger partial charge in [-0.25, -0.2) is 9.80 Å². The molecule has 0 radical (unpaired) electrons. The maximum atomic E-state index is 12.6. The van der Waals surface area contributed by atoms with Crippen molar-refractivity contribution in [3.63, 3.8) is 0 Å². The zero-order valence-corrected chi connectivity index (χ0v) is 14.7. The normalized spacial score (nSPS) is 16.0. The predicted octanol–water partition coefficient (Wildman–Crippen LogP) is -0.354. The molecule has 1 fully saturated rings. The van der Waals surface area contributed by atoms with E-state index in [0.29, 0.717) is 6.42 Å². The Bertz CT molecular complexity index is 863. The third kappa shape index (κ3) is 4.49. The summed E-state index contributed by atoms with van der Waals surface area (Å²) in [6, 6.07) is 9.60. The van der Waals surface area contributed by atoms with Crippen molar-refractivity contribution >= 4 is 6.21 Å². The van der Waals surface area contributed by atoms with Crippen molar-refractivity contribution < 1.29 is 10.1 Å². The highest BCUT2D eigenvalue weighted by molar-refractivity contribution is 5.81. The third-order valence-electron chi connectivity index (χ3n) is 4.71. The molecule has 1 aliphatic rings. The lowest BCUT2D eigenvalue weighted by Crippen LogP contribution is -3.07. The number of rotatable bonds is 5. The number of aromatic nitrogens is 2. The molecular weight excluding hydrogens is 332 g/mol. The van der Waals surface area contributed by atoms with Crippen LogP contribution in [0.15, 0.2) is 45.0 Å². The van der Waals surface area contributed by atoms with Crippen LogP contribution in [-0.4, -0.2) is 28.9 Å². The van der Waals surface area contributed by atoms with Gasteiger partial charge in [0.1, 0.15) is 13.1 Å². The molecule has 138 valence electrons. The zero-order chi connectivity index (χ0) is 18.4. The van der Waals surface area contributed by atoms with Crippen molar-refractivity contribution in [2.24, 2.45) is 5.10 Å². The van der Waals surface area contributed by atoms with Crippen LogP contribution in [-0.2, 0) is 13.0 Å². The summed E-state index contributed by atoms with van der Waals surface area (Å²) in [5.41, 5.74) is -0.396. The quantitative estimate of drug-likeness (QED) is 0.717. The van der Waals surface area contributed by atoms with Crippen molar-refractivity contribution in [1.29, 1.82) is 0 Å². The monoisotopic (exact) mass is 356 g/mol. The molecular formula is C19H24N4O3. The first kappa shape index (κ1) is 18.1. The summed E-state index contributed by atoms with van der Waals surface area (Å²) in [5.74, 6) is -0.576. The van der Waals surface area contributed by atoms with Crippen LogP contribution in [0.3, 0.4) is 0 Å². The van der Waals surface area contributed by atoms with Gasteiger partial charge < -0.3 is 9.67 Å². The van der Waals surface area contributed by atoms with E-state index in [4.69, 9.17) is 0 Å². The van der Waals surface area contributed by atoms with Gasteiger partial charge in [-0.15, -0.1) is 0 Å². The second-order valence-electron chi connectivity index (χ2n) is 6.60.